The third kappa shape index (κ3) is 1.000. The second-order valence-corrected chi connectivity index (χ2v) is 2.37. The molecule has 0 radical (unpaired) electrons. The number of amides is 1. The first-order chi connectivity index (χ1) is 5.04. The summed E-state index contributed by atoms with van der Waals surface area (Å²) >= 11 is 0. The molecule has 0 aromatic carbocycles. The van der Waals surface area contributed by atoms with Crippen LogP contribution in [0.4, 0.5) is 0 Å². The first kappa shape index (κ1) is 7.46. The maximum absolute atomic E-state index is 10.7. The van der Waals surface area contributed by atoms with Crippen molar-refractivity contribution in [3.8, 4) is 0 Å². The first-order valence-corrected chi connectivity index (χ1v) is 3.06. The van der Waals surface area contributed by atoms with Crippen molar-refractivity contribution in [2.45, 2.75) is 0 Å². The van der Waals surface area contributed by atoms with Gasteiger partial charge in [0.1, 0.15) is 0 Å². The quantitative estimate of drug-likeness (QED) is 0.351. The molecule has 1 unspecified atom stereocenters. The highest BCUT2D eigenvalue weighted by molar-refractivity contribution is 5.83. The highest BCUT2D eigenvalue weighted by atomic mass is 16.1. The van der Waals surface area contributed by atoms with Gasteiger partial charge in [0.25, 0.3) is 0 Å². The van der Waals surface area contributed by atoms with Crippen molar-refractivity contribution in [1.29, 1.82) is 0 Å². The van der Waals surface area contributed by atoms with E-state index in [1.807, 2.05) is 0 Å². The number of carbonyl (C=O) groups excluding carboxylic acids is 1. The molecule has 0 aromatic heterocycles. The van der Waals surface area contributed by atoms with Gasteiger partial charge in [0.15, 0.2) is 0 Å². The Kier molecular flexibility index (Phi) is 1.48. The third-order valence-electron chi connectivity index (χ3n) is 1.61. The van der Waals surface area contributed by atoms with Crippen molar-refractivity contribution >= 4 is 5.91 Å². The van der Waals surface area contributed by atoms with Gasteiger partial charge in [-0.25, -0.2) is 0 Å². The Morgan fingerprint density at radius 3 is 2.09 bits per heavy atom. The fraction of sp³-hybridized carbons (Fsp3) is 0.167. The zero-order chi connectivity index (χ0) is 8.59. The lowest BCUT2D eigenvalue weighted by atomic mass is 10.1. The average molecular weight is 154 g/mol. The lowest BCUT2D eigenvalue weighted by Gasteiger charge is -2.03. The predicted octanol–water partition coefficient (Wildman–Crippen LogP) is -1.93. The monoisotopic (exact) mass is 154 g/mol. The van der Waals surface area contributed by atoms with Crippen molar-refractivity contribution < 1.29 is 4.79 Å². The molecule has 0 aromatic rings. The molecule has 0 aliphatic heterocycles. The summed E-state index contributed by atoms with van der Waals surface area (Å²) in [7, 11) is 0. The van der Waals surface area contributed by atoms with Crippen LogP contribution in [-0.2, 0) is 4.79 Å². The molecule has 1 aliphatic rings. The molecular formula is C6H10N4O. The standard InChI is InChI=1S/C6H10N4O/c7-3-1-2(6(10)11)4(8)5(3)9/h1-2H,7-9H2,(H2,10,11). The van der Waals surface area contributed by atoms with Gasteiger partial charge in [-0.05, 0) is 6.08 Å². The van der Waals surface area contributed by atoms with E-state index in [2.05, 4.69) is 0 Å². The number of carbonyl (C=O) groups is 1. The van der Waals surface area contributed by atoms with Crippen molar-refractivity contribution in [2.75, 3.05) is 0 Å². The summed E-state index contributed by atoms with van der Waals surface area (Å²) in [6.45, 7) is 0. The summed E-state index contributed by atoms with van der Waals surface area (Å²) in [5.74, 6) is -1.17. The first-order valence-electron chi connectivity index (χ1n) is 3.06. The zero-order valence-corrected chi connectivity index (χ0v) is 5.87. The zero-order valence-electron chi connectivity index (χ0n) is 5.87. The van der Waals surface area contributed by atoms with E-state index in [9.17, 15) is 4.79 Å². The van der Waals surface area contributed by atoms with Crippen LogP contribution in [-0.4, -0.2) is 5.91 Å². The number of hydrogen-bond acceptors (Lipinski definition) is 4. The number of nitrogens with two attached hydrogens (primary N) is 4. The molecule has 60 valence electrons. The molecule has 1 aliphatic carbocycles. The topological polar surface area (TPSA) is 121 Å². The Morgan fingerprint density at radius 1 is 1.36 bits per heavy atom. The number of hydrogen-bond donors (Lipinski definition) is 4. The van der Waals surface area contributed by atoms with Crippen LogP contribution in [0.1, 0.15) is 0 Å². The normalized spacial score (nSPS) is 23.6. The fourth-order valence-electron chi connectivity index (χ4n) is 0.929. The van der Waals surface area contributed by atoms with E-state index < -0.39 is 11.8 Å². The largest absolute Gasteiger partial charge is 0.399 e. The minimum Gasteiger partial charge on any atom is -0.399 e. The van der Waals surface area contributed by atoms with E-state index in [1.165, 1.54) is 6.08 Å². The fourth-order valence-corrected chi connectivity index (χ4v) is 0.929. The van der Waals surface area contributed by atoms with E-state index in [-0.39, 0.29) is 11.4 Å². The highest BCUT2D eigenvalue weighted by Crippen LogP contribution is 2.20. The van der Waals surface area contributed by atoms with Gasteiger partial charge in [-0.2, -0.15) is 0 Å². The molecule has 0 spiro atoms. The Labute approximate surface area is 63.7 Å². The molecule has 1 rings (SSSR count). The van der Waals surface area contributed by atoms with Gasteiger partial charge >= 0.3 is 0 Å². The van der Waals surface area contributed by atoms with Crippen LogP contribution in [0.5, 0.6) is 0 Å². The van der Waals surface area contributed by atoms with E-state index in [4.69, 9.17) is 22.9 Å². The third-order valence-corrected chi connectivity index (χ3v) is 1.61. The molecule has 11 heavy (non-hydrogen) atoms. The number of rotatable bonds is 1. The maximum Gasteiger partial charge on any atom is 0.230 e. The van der Waals surface area contributed by atoms with Gasteiger partial charge in [0.2, 0.25) is 5.91 Å². The molecule has 0 bridgehead atoms. The van der Waals surface area contributed by atoms with Gasteiger partial charge in [0, 0.05) is 0 Å². The summed E-state index contributed by atoms with van der Waals surface area (Å²) in [6, 6.07) is 0. The van der Waals surface area contributed by atoms with Crippen molar-refractivity contribution in [1.82, 2.24) is 0 Å². The summed E-state index contributed by atoms with van der Waals surface area (Å²) < 4.78 is 0. The van der Waals surface area contributed by atoms with E-state index in [1.54, 1.807) is 0 Å². The van der Waals surface area contributed by atoms with Gasteiger partial charge in [-0.1, -0.05) is 0 Å². The van der Waals surface area contributed by atoms with Crippen LogP contribution in [0.15, 0.2) is 23.2 Å². The van der Waals surface area contributed by atoms with Crippen molar-refractivity contribution in [2.24, 2.45) is 28.9 Å². The van der Waals surface area contributed by atoms with Crippen LogP contribution >= 0.6 is 0 Å². The van der Waals surface area contributed by atoms with E-state index in [0.717, 1.165) is 0 Å². The summed E-state index contributed by atoms with van der Waals surface area (Å²) in [4.78, 5) is 10.7. The van der Waals surface area contributed by atoms with Gasteiger partial charge in [-0.3, -0.25) is 4.79 Å². The molecule has 5 nitrogen and oxygen atoms in total. The smallest absolute Gasteiger partial charge is 0.230 e. The van der Waals surface area contributed by atoms with Gasteiger partial charge in [0.05, 0.1) is 23.0 Å². The molecule has 1 amide bonds. The molecule has 0 saturated heterocycles. The molecule has 1 atom stereocenters. The Bertz CT molecular complexity index is 266. The van der Waals surface area contributed by atoms with Crippen LogP contribution in [0.3, 0.4) is 0 Å². The lowest BCUT2D eigenvalue weighted by molar-refractivity contribution is -0.119. The Hall–Kier alpha value is -1.65. The van der Waals surface area contributed by atoms with Crippen LogP contribution in [0.2, 0.25) is 0 Å². The minimum absolute atomic E-state index is 0.245. The van der Waals surface area contributed by atoms with Crippen molar-refractivity contribution in [3.05, 3.63) is 23.2 Å². The molecule has 8 N–H and O–H groups in total. The molecular weight excluding hydrogens is 144 g/mol. The minimum atomic E-state index is -0.630. The molecule has 0 heterocycles. The molecule has 0 saturated carbocycles. The van der Waals surface area contributed by atoms with E-state index in [0.29, 0.717) is 5.70 Å². The average Bonchev–Trinajstić information content (AvgIpc) is 2.17. The lowest BCUT2D eigenvalue weighted by Crippen LogP contribution is -2.26. The van der Waals surface area contributed by atoms with Crippen LogP contribution < -0.4 is 22.9 Å². The Morgan fingerprint density at radius 2 is 1.91 bits per heavy atom. The SMILES string of the molecule is NC(=O)C1C=C(N)C(N)=C1N. The van der Waals surface area contributed by atoms with Gasteiger partial charge < -0.3 is 22.9 Å². The Balaban J connectivity index is 3.01. The predicted molar refractivity (Wildman–Crippen MR) is 40.4 cm³/mol. The number of primary amides is 1. The second-order valence-electron chi connectivity index (χ2n) is 2.37. The van der Waals surface area contributed by atoms with Crippen LogP contribution in [0.25, 0.3) is 0 Å². The second kappa shape index (κ2) is 2.19. The summed E-state index contributed by atoms with van der Waals surface area (Å²) in [5.41, 5.74) is 22.1. The van der Waals surface area contributed by atoms with Crippen molar-refractivity contribution in [3.63, 3.8) is 0 Å². The maximum atomic E-state index is 10.7. The molecule has 5 heteroatoms. The molecule has 0 fully saturated rings. The summed E-state index contributed by atoms with van der Waals surface area (Å²) in [5, 5.41) is 0. The summed E-state index contributed by atoms with van der Waals surface area (Å²) in [6.07, 6.45) is 1.45. The van der Waals surface area contributed by atoms with Gasteiger partial charge in [-0.15, -0.1) is 0 Å². The highest BCUT2D eigenvalue weighted by Gasteiger charge is 2.25. The van der Waals surface area contributed by atoms with Crippen LogP contribution in [0, 0.1) is 5.92 Å². The van der Waals surface area contributed by atoms with E-state index >= 15 is 0 Å².